The molecule has 1 aliphatic heterocycles. The SMILES string of the molecule is CCOC(=O)C1=C(C)N=c2s/c(=C\c3ccc(O)c(OC)c3)c(=O)n2C1c1ccc(Cl)cc1. The third-order valence-electron chi connectivity index (χ3n) is 5.20. The number of aromatic nitrogens is 1. The summed E-state index contributed by atoms with van der Waals surface area (Å²) in [6.07, 6.45) is 1.70. The first kappa shape index (κ1) is 22.8. The number of ether oxygens (including phenoxy) is 2. The van der Waals surface area contributed by atoms with Crippen LogP contribution in [0.3, 0.4) is 0 Å². The lowest BCUT2D eigenvalue weighted by molar-refractivity contribution is -0.139. The van der Waals surface area contributed by atoms with Crippen LogP contribution in [0.5, 0.6) is 11.5 Å². The summed E-state index contributed by atoms with van der Waals surface area (Å²) in [4.78, 5) is 31.4. The molecule has 2 aromatic carbocycles. The molecule has 0 bridgehead atoms. The first-order valence-electron chi connectivity index (χ1n) is 10.2. The second-order valence-electron chi connectivity index (χ2n) is 7.29. The predicted molar refractivity (Wildman–Crippen MR) is 127 cm³/mol. The molecule has 1 aliphatic rings. The van der Waals surface area contributed by atoms with Gasteiger partial charge in [-0.1, -0.05) is 41.1 Å². The Morgan fingerprint density at radius 2 is 2.00 bits per heavy atom. The Kier molecular flexibility index (Phi) is 6.40. The molecule has 7 nitrogen and oxygen atoms in total. The van der Waals surface area contributed by atoms with Gasteiger partial charge in [0.2, 0.25) is 0 Å². The van der Waals surface area contributed by atoms with E-state index in [4.69, 9.17) is 21.1 Å². The van der Waals surface area contributed by atoms with Crippen LogP contribution in [0, 0.1) is 0 Å². The average molecular weight is 485 g/mol. The maximum Gasteiger partial charge on any atom is 0.338 e. The number of phenolic OH excluding ortho intramolecular Hbond substituents is 1. The van der Waals surface area contributed by atoms with Crippen molar-refractivity contribution in [3.8, 4) is 11.5 Å². The first-order valence-corrected chi connectivity index (χ1v) is 11.4. The van der Waals surface area contributed by atoms with E-state index >= 15 is 0 Å². The van der Waals surface area contributed by atoms with Crippen LogP contribution in [0.1, 0.15) is 31.0 Å². The van der Waals surface area contributed by atoms with Gasteiger partial charge in [0, 0.05) is 5.02 Å². The molecule has 0 fully saturated rings. The summed E-state index contributed by atoms with van der Waals surface area (Å²) in [5.74, 6) is -0.208. The Hall–Kier alpha value is -3.36. The highest BCUT2D eigenvalue weighted by Crippen LogP contribution is 2.31. The van der Waals surface area contributed by atoms with Crippen LogP contribution in [0.15, 0.2) is 63.5 Å². The molecule has 9 heteroatoms. The van der Waals surface area contributed by atoms with Gasteiger partial charge in [-0.05, 0) is 55.3 Å². The number of rotatable bonds is 5. The average Bonchev–Trinajstić information content (AvgIpc) is 3.09. The molecule has 1 unspecified atom stereocenters. The highest BCUT2D eigenvalue weighted by molar-refractivity contribution is 7.07. The molecule has 0 saturated heterocycles. The number of carbonyl (C=O) groups excluding carboxylic acids is 1. The summed E-state index contributed by atoms with van der Waals surface area (Å²) in [6.45, 7) is 3.67. The smallest absolute Gasteiger partial charge is 0.338 e. The van der Waals surface area contributed by atoms with Crippen LogP contribution in [-0.2, 0) is 9.53 Å². The molecule has 170 valence electrons. The molecule has 1 atom stereocenters. The van der Waals surface area contributed by atoms with Crippen molar-refractivity contribution in [2.24, 2.45) is 4.99 Å². The van der Waals surface area contributed by atoms with E-state index in [0.717, 1.165) is 5.56 Å². The Bertz CT molecular complexity index is 1440. The molecule has 0 aliphatic carbocycles. The minimum atomic E-state index is -0.700. The number of methoxy groups -OCH3 is 1. The van der Waals surface area contributed by atoms with Gasteiger partial charge in [-0.15, -0.1) is 0 Å². The number of thiazole rings is 1. The van der Waals surface area contributed by atoms with Gasteiger partial charge in [-0.2, -0.15) is 0 Å². The molecule has 0 amide bonds. The Morgan fingerprint density at radius 1 is 1.27 bits per heavy atom. The summed E-state index contributed by atoms with van der Waals surface area (Å²) in [5.41, 5.74) is 1.91. The Labute approximate surface area is 198 Å². The van der Waals surface area contributed by atoms with Gasteiger partial charge in [0.15, 0.2) is 16.3 Å². The van der Waals surface area contributed by atoms with E-state index in [1.165, 1.54) is 29.1 Å². The van der Waals surface area contributed by atoms with Crippen molar-refractivity contribution in [1.82, 2.24) is 4.57 Å². The number of hydrogen-bond donors (Lipinski definition) is 1. The van der Waals surface area contributed by atoms with E-state index in [9.17, 15) is 14.7 Å². The van der Waals surface area contributed by atoms with Gasteiger partial charge >= 0.3 is 5.97 Å². The number of nitrogens with zero attached hydrogens (tertiary/aromatic N) is 2. The molecule has 33 heavy (non-hydrogen) atoms. The van der Waals surface area contributed by atoms with Crippen LogP contribution in [0.4, 0.5) is 0 Å². The van der Waals surface area contributed by atoms with E-state index < -0.39 is 12.0 Å². The van der Waals surface area contributed by atoms with Crippen LogP contribution < -0.4 is 19.6 Å². The number of carbonyl (C=O) groups is 1. The van der Waals surface area contributed by atoms with Crippen LogP contribution in [0.25, 0.3) is 6.08 Å². The molecule has 0 radical (unpaired) electrons. The summed E-state index contributed by atoms with van der Waals surface area (Å²) >= 11 is 7.29. The number of phenols is 1. The maximum absolute atomic E-state index is 13.5. The Morgan fingerprint density at radius 3 is 2.67 bits per heavy atom. The quantitative estimate of drug-likeness (QED) is 0.562. The number of fused-ring (bicyclic) bond motifs is 1. The predicted octanol–water partition coefficient (Wildman–Crippen LogP) is 3.17. The van der Waals surface area contributed by atoms with Crippen LogP contribution in [-0.4, -0.2) is 29.4 Å². The van der Waals surface area contributed by atoms with E-state index in [0.29, 0.717) is 36.9 Å². The van der Waals surface area contributed by atoms with Crippen molar-refractivity contribution < 1.29 is 19.4 Å². The standard InChI is InChI=1S/C24H21ClN2O5S/c1-4-32-23(30)20-13(2)26-24-27(21(20)15-6-8-16(25)9-7-15)22(29)19(33-24)12-14-5-10-17(28)18(11-14)31-3/h5-12,21,28H,4H2,1-3H3/b19-12-. The van der Waals surface area contributed by atoms with Gasteiger partial charge < -0.3 is 14.6 Å². The third kappa shape index (κ3) is 4.31. The summed E-state index contributed by atoms with van der Waals surface area (Å²) in [5, 5.41) is 10.4. The first-order chi connectivity index (χ1) is 15.8. The van der Waals surface area contributed by atoms with Gasteiger partial charge in [-0.25, -0.2) is 9.79 Å². The number of esters is 1. The molecule has 3 aromatic rings. The van der Waals surface area contributed by atoms with E-state index in [-0.39, 0.29) is 17.9 Å². The number of hydrogen-bond acceptors (Lipinski definition) is 7. The molecule has 1 N–H and O–H groups in total. The number of halogens is 1. The van der Waals surface area contributed by atoms with Gasteiger partial charge in [0.05, 0.1) is 35.6 Å². The lowest BCUT2D eigenvalue weighted by atomic mass is 9.96. The molecule has 0 spiro atoms. The van der Waals surface area contributed by atoms with E-state index in [2.05, 4.69) is 4.99 Å². The Balaban J connectivity index is 1.94. The molecule has 1 aromatic heterocycles. The molecular weight excluding hydrogens is 464 g/mol. The summed E-state index contributed by atoms with van der Waals surface area (Å²) in [6, 6.07) is 11.1. The minimum absolute atomic E-state index is 0.00792. The minimum Gasteiger partial charge on any atom is -0.504 e. The normalized spacial score (nSPS) is 15.8. The third-order valence-corrected chi connectivity index (χ3v) is 6.44. The second kappa shape index (κ2) is 9.25. The molecular formula is C24H21ClN2O5S. The van der Waals surface area contributed by atoms with Crippen molar-refractivity contribution in [2.75, 3.05) is 13.7 Å². The highest BCUT2D eigenvalue weighted by Gasteiger charge is 2.33. The van der Waals surface area contributed by atoms with Crippen molar-refractivity contribution in [3.63, 3.8) is 0 Å². The van der Waals surface area contributed by atoms with Crippen molar-refractivity contribution in [3.05, 3.63) is 89.6 Å². The van der Waals surface area contributed by atoms with Gasteiger partial charge in [-0.3, -0.25) is 9.36 Å². The number of aromatic hydroxyl groups is 1. The van der Waals surface area contributed by atoms with Crippen LogP contribution in [0.2, 0.25) is 5.02 Å². The maximum atomic E-state index is 13.5. The molecule has 2 heterocycles. The zero-order valence-corrected chi connectivity index (χ0v) is 19.7. The van der Waals surface area contributed by atoms with Crippen LogP contribution >= 0.6 is 22.9 Å². The fourth-order valence-corrected chi connectivity index (χ4v) is 4.86. The lowest BCUT2D eigenvalue weighted by Gasteiger charge is -2.24. The lowest BCUT2D eigenvalue weighted by Crippen LogP contribution is -2.39. The largest absolute Gasteiger partial charge is 0.504 e. The second-order valence-corrected chi connectivity index (χ2v) is 8.73. The zero-order chi connectivity index (χ0) is 23.7. The zero-order valence-electron chi connectivity index (χ0n) is 18.2. The van der Waals surface area contributed by atoms with Gasteiger partial charge in [0.1, 0.15) is 0 Å². The fraction of sp³-hybridized carbons (Fsp3) is 0.208. The summed E-state index contributed by atoms with van der Waals surface area (Å²) < 4.78 is 12.4. The van der Waals surface area contributed by atoms with E-state index in [1.54, 1.807) is 56.3 Å². The monoisotopic (exact) mass is 484 g/mol. The van der Waals surface area contributed by atoms with Crippen molar-refractivity contribution in [1.29, 1.82) is 0 Å². The topological polar surface area (TPSA) is 90.1 Å². The van der Waals surface area contributed by atoms with Crippen molar-refractivity contribution >= 4 is 35.0 Å². The number of allylic oxidation sites excluding steroid dienone is 1. The highest BCUT2D eigenvalue weighted by atomic mass is 35.5. The molecule has 4 rings (SSSR count). The van der Waals surface area contributed by atoms with Crippen molar-refractivity contribution in [2.45, 2.75) is 19.9 Å². The summed E-state index contributed by atoms with van der Waals surface area (Å²) in [7, 11) is 1.46. The van der Waals surface area contributed by atoms with E-state index in [1.807, 2.05) is 0 Å². The molecule has 0 saturated carbocycles. The fourth-order valence-electron chi connectivity index (χ4n) is 3.69. The van der Waals surface area contributed by atoms with Gasteiger partial charge in [0.25, 0.3) is 5.56 Å². The number of benzene rings is 2.